The first-order valence-corrected chi connectivity index (χ1v) is 8.76. The molecule has 0 saturated carbocycles. The van der Waals surface area contributed by atoms with E-state index in [1.54, 1.807) is 22.7 Å². The molecule has 0 bridgehead atoms. The number of hydrogen-bond acceptors (Lipinski definition) is 5. The quantitative estimate of drug-likeness (QED) is 0.696. The Bertz CT molecular complexity index is 907. The second-order valence-corrected chi connectivity index (χ2v) is 6.84. The van der Waals surface area contributed by atoms with E-state index >= 15 is 0 Å². The lowest BCUT2D eigenvalue weighted by atomic mass is 10.3. The third-order valence-electron chi connectivity index (χ3n) is 3.16. The molecular weight excluding hydrogens is 369 g/mol. The van der Waals surface area contributed by atoms with Crippen molar-refractivity contribution in [1.29, 1.82) is 0 Å². The molecule has 2 aromatic heterocycles. The molecule has 1 amide bonds. The molecule has 0 aliphatic carbocycles. The molecule has 3 aromatic rings. The number of para-hydroxylation sites is 1. The maximum absolute atomic E-state index is 12.1. The fraction of sp³-hybridized carbons (Fsp3) is 0.200. The van der Waals surface area contributed by atoms with Crippen molar-refractivity contribution < 1.29 is 4.79 Å². The third-order valence-corrected chi connectivity index (χ3v) is 4.63. The van der Waals surface area contributed by atoms with Gasteiger partial charge in [0.25, 0.3) is 5.78 Å². The van der Waals surface area contributed by atoms with Gasteiger partial charge in [-0.2, -0.15) is 4.98 Å². The number of anilines is 1. The van der Waals surface area contributed by atoms with Crippen LogP contribution in [0.5, 0.6) is 0 Å². The SMILES string of the molecule is Cc1cc(C)n2nc(SCC(=O)Nc3c(Cl)cccc3Cl)nc2n1. The Morgan fingerprint density at radius 1 is 1.25 bits per heavy atom. The predicted octanol–water partition coefficient (Wildman–Crippen LogP) is 3.78. The topological polar surface area (TPSA) is 72.2 Å². The molecule has 0 aliphatic rings. The van der Waals surface area contributed by atoms with E-state index in [0.717, 1.165) is 11.4 Å². The summed E-state index contributed by atoms with van der Waals surface area (Å²) in [4.78, 5) is 20.7. The Hall–Kier alpha value is -1.83. The van der Waals surface area contributed by atoms with E-state index in [0.29, 0.717) is 26.7 Å². The third kappa shape index (κ3) is 3.63. The van der Waals surface area contributed by atoms with E-state index in [2.05, 4.69) is 20.4 Å². The van der Waals surface area contributed by atoms with Crippen molar-refractivity contribution in [3.05, 3.63) is 45.7 Å². The normalized spacial score (nSPS) is 11.0. The van der Waals surface area contributed by atoms with E-state index in [1.807, 2.05) is 19.9 Å². The minimum atomic E-state index is -0.241. The number of nitrogens with zero attached hydrogens (tertiary/aromatic N) is 4. The molecular formula is C15H13Cl2N5OS. The molecule has 0 fully saturated rings. The minimum absolute atomic E-state index is 0.135. The lowest BCUT2D eigenvalue weighted by molar-refractivity contribution is -0.113. The van der Waals surface area contributed by atoms with Crippen molar-refractivity contribution in [1.82, 2.24) is 19.6 Å². The predicted molar refractivity (Wildman–Crippen MR) is 96.1 cm³/mol. The molecule has 0 spiro atoms. The van der Waals surface area contributed by atoms with Gasteiger partial charge in [-0.1, -0.05) is 41.0 Å². The first-order chi connectivity index (χ1) is 11.4. The highest BCUT2D eigenvalue weighted by atomic mass is 35.5. The van der Waals surface area contributed by atoms with Crippen LogP contribution in [0.2, 0.25) is 10.0 Å². The van der Waals surface area contributed by atoms with Crippen molar-refractivity contribution >= 4 is 52.3 Å². The van der Waals surface area contributed by atoms with Gasteiger partial charge in [0.2, 0.25) is 11.1 Å². The van der Waals surface area contributed by atoms with Crippen LogP contribution < -0.4 is 5.32 Å². The summed E-state index contributed by atoms with van der Waals surface area (Å²) in [5, 5.41) is 8.31. The van der Waals surface area contributed by atoms with Gasteiger partial charge >= 0.3 is 0 Å². The van der Waals surface area contributed by atoms with Crippen LogP contribution in [0, 0.1) is 13.8 Å². The maximum atomic E-state index is 12.1. The summed E-state index contributed by atoms with van der Waals surface area (Å²) >= 11 is 13.3. The van der Waals surface area contributed by atoms with Crippen molar-refractivity contribution in [2.24, 2.45) is 0 Å². The standard InChI is InChI=1S/C15H13Cl2N5OS/c1-8-6-9(2)22-14(18-8)20-15(21-22)24-7-12(23)19-13-10(16)4-3-5-11(13)17/h3-6H,7H2,1-2H3,(H,19,23). The molecule has 1 N–H and O–H groups in total. The van der Waals surface area contributed by atoms with Gasteiger partial charge in [-0.25, -0.2) is 9.50 Å². The van der Waals surface area contributed by atoms with Crippen LogP contribution in [0.15, 0.2) is 29.4 Å². The Balaban J connectivity index is 1.69. The average Bonchev–Trinajstić information content (AvgIpc) is 2.92. The zero-order chi connectivity index (χ0) is 17.3. The number of amides is 1. The maximum Gasteiger partial charge on any atom is 0.253 e. The van der Waals surface area contributed by atoms with Crippen LogP contribution in [-0.4, -0.2) is 31.2 Å². The van der Waals surface area contributed by atoms with E-state index in [1.165, 1.54) is 11.8 Å². The first-order valence-electron chi connectivity index (χ1n) is 7.02. The Morgan fingerprint density at radius 2 is 1.96 bits per heavy atom. The molecule has 0 radical (unpaired) electrons. The molecule has 0 saturated heterocycles. The van der Waals surface area contributed by atoms with E-state index < -0.39 is 0 Å². The van der Waals surface area contributed by atoms with Crippen LogP contribution >= 0.6 is 35.0 Å². The van der Waals surface area contributed by atoms with Gasteiger partial charge in [0.15, 0.2) is 0 Å². The molecule has 2 heterocycles. The second-order valence-electron chi connectivity index (χ2n) is 5.08. The number of carbonyl (C=O) groups is 1. The number of aryl methyl sites for hydroxylation is 2. The number of nitrogens with one attached hydrogen (secondary N) is 1. The molecule has 24 heavy (non-hydrogen) atoms. The zero-order valence-corrected chi connectivity index (χ0v) is 15.2. The van der Waals surface area contributed by atoms with E-state index in [9.17, 15) is 4.79 Å². The largest absolute Gasteiger partial charge is 0.323 e. The average molecular weight is 382 g/mol. The first kappa shape index (κ1) is 17.0. The smallest absolute Gasteiger partial charge is 0.253 e. The summed E-state index contributed by atoms with van der Waals surface area (Å²) in [7, 11) is 0. The number of carbonyl (C=O) groups excluding carboxylic acids is 1. The van der Waals surface area contributed by atoms with Crippen LogP contribution in [0.4, 0.5) is 5.69 Å². The number of benzene rings is 1. The van der Waals surface area contributed by atoms with Gasteiger partial charge in [0, 0.05) is 11.4 Å². The van der Waals surface area contributed by atoms with Crippen LogP contribution in [0.3, 0.4) is 0 Å². The number of aromatic nitrogens is 4. The molecule has 3 rings (SSSR count). The summed E-state index contributed by atoms with van der Waals surface area (Å²) in [5.41, 5.74) is 2.21. The summed E-state index contributed by atoms with van der Waals surface area (Å²) in [6.07, 6.45) is 0. The molecule has 124 valence electrons. The second kappa shape index (κ2) is 6.96. The van der Waals surface area contributed by atoms with Crippen molar-refractivity contribution in [3.63, 3.8) is 0 Å². The van der Waals surface area contributed by atoms with Crippen molar-refractivity contribution in [2.45, 2.75) is 19.0 Å². The lowest BCUT2D eigenvalue weighted by Crippen LogP contribution is -2.14. The van der Waals surface area contributed by atoms with E-state index in [-0.39, 0.29) is 11.7 Å². The highest BCUT2D eigenvalue weighted by molar-refractivity contribution is 7.99. The van der Waals surface area contributed by atoms with Gasteiger partial charge in [0.05, 0.1) is 21.5 Å². The minimum Gasteiger partial charge on any atom is -0.323 e. The van der Waals surface area contributed by atoms with Gasteiger partial charge in [-0.3, -0.25) is 4.79 Å². The fourth-order valence-corrected chi connectivity index (χ4v) is 3.24. The van der Waals surface area contributed by atoms with Crippen molar-refractivity contribution in [2.75, 3.05) is 11.1 Å². The number of halogens is 2. The molecule has 9 heteroatoms. The van der Waals surface area contributed by atoms with E-state index in [4.69, 9.17) is 23.2 Å². The highest BCUT2D eigenvalue weighted by Gasteiger charge is 2.13. The van der Waals surface area contributed by atoms with Crippen molar-refractivity contribution in [3.8, 4) is 0 Å². The molecule has 0 atom stereocenters. The van der Waals surface area contributed by atoms with Gasteiger partial charge in [-0.15, -0.1) is 5.10 Å². The Morgan fingerprint density at radius 3 is 2.67 bits per heavy atom. The number of thioether (sulfide) groups is 1. The van der Waals surface area contributed by atoms with Gasteiger partial charge in [0.1, 0.15) is 0 Å². The zero-order valence-electron chi connectivity index (χ0n) is 12.9. The van der Waals surface area contributed by atoms with Crippen LogP contribution in [-0.2, 0) is 4.79 Å². The molecule has 1 aromatic carbocycles. The summed E-state index contributed by atoms with van der Waals surface area (Å²) in [5.74, 6) is 0.412. The van der Waals surface area contributed by atoms with Crippen LogP contribution in [0.1, 0.15) is 11.4 Å². The van der Waals surface area contributed by atoms with Gasteiger partial charge in [-0.05, 0) is 32.0 Å². The monoisotopic (exact) mass is 381 g/mol. The van der Waals surface area contributed by atoms with Crippen LogP contribution in [0.25, 0.3) is 5.78 Å². The summed E-state index contributed by atoms with van der Waals surface area (Å²) in [6.45, 7) is 3.83. The van der Waals surface area contributed by atoms with Gasteiger partial charge < -0.3 is 5.32 Å². The summed E-state index contributed by atoms with van der Waals surface area (Å²) in [6, 6.07) is 6.96. The molecule has 0 unspecified atom stereocenters. The number of rotatable bonds is 4. The Labute approximate surface area is 152 Å². The molecule has 0 aliphatic heterocycles. The molecule has 6 nitrogen and oxygen atoms in total. The summed E-state index contributed by atoms with van der Waals surface area (Å²) < 4.78 is 1.65. The Kier molecular flexibility index (Phi) is 4.93. The number of fused-ring (bicyclic) bond motifs is 1. The highest BCUT2D eigenvalue weighted by Crippen LogP contribution is 2.30. The fourth-order valence-electron chi connectivity index (χ4n) is 2.13. The number of hydrogen-bond donors (Lipinski definition) is 1. The lowest BCUT2D eigenvalue weighted by Gasteiger charge is -2.08.